The number of anilines is 1. The van der Waals surface area contributed by atoms with Gasteiger partial charge in [0.2, 0.25) is 5.91 Å². The molecule has 0 atom stereocenters. The number of hydrogen-bond acceptors (Lipinski definition) is 4. The van der Waals surface area contributed by atoms with Crippen LogP contribution >= 0.6 is 24.8 Å². The molecule has 0 bridgehead atoms. The molecule has 0 aliphatic carbocycles. The quantitative estimate of drug-likeness (QED) is 0.677. The first-order valence-electron chi connectivity index (χ1n) is 7.46. The van der Waals surface area contributed by atoms with E-state index in [-0.39, 0.29) is 43.1 Å². The van der Waals surface area contributed by atoms with E-state index in [1.165, 1.54) is 12.1 Å². The van der Waals surface area contributed by atoms with Gasteiger partial charge in [-0.15, -0.1) is 24.8 Å². The Kier molecular flexibility index (Phi) is 11.5. The zero-order valence-electron chi connectivity index (χ0n) is 13.8. The van der Waals surface area contributed by atoms with Crippen molar-refractivity contribution in [2.75, 3.05) is 18.9 Å². The third-order valence-electron chi connectivity index (χ3n) is 3.15. The standard InChI is InChI=1S/C17H20FN3O2.2ClH/c1-19-9-4-6-17(22)21-13-7-8-16(15(18)11-13)23-12-14-5-2-3-10-20-14;;/h2-3,5,7-8,10-11,19H,4,6,9,12H2,1H3,(H,21,22);2*1H. The summed E-state index contributed by atoms with van der Waals surface area (Å²) in [4.78, 5) is 15.8. The van der Waals surface area contributed by atoms with Crippen molar-refractivity contribution >= 4 is 36.4 Å². The van der Waals surface area contributed by atoms with Gasteiger partial charge in [0.25, 0.3) is 0 Å². The summed E-state index contributed by atoms with van der Waals surface area (Å²) in [7, 11) is 1.83. The summed E-state index contributed by atoms with van der Waals surface area (Å²) in [5.74, 6) is -0.528. The van der Waals surface area contributed by atoms with E-state index in [0.717, 1.165) is 13.0 Å². The lowest BCUT2D eigenvalue weighted by atomic mass is 10.2. The van der Waals surface area contributed by atoms with Gasteiger partial charge < -0.3 is 15.4 Å². The number of benzene rings is 1. The molecule has 0 aliphatic rings. The fraction of sp³-hybridized carbons (Fsp3) is 0.294. The van der Waals surface area contributed by atoms with Crippen LogP contribution in [0.2, 0.25) is 0 Å². The number of nitrogens with one attached hydrogen (secondary N) is 2. The van der Waals surface area contributed by atoms with Crippen molar-refractivity contribution in [3.63, 3.8) is 0 Å². The Balaban J connectivity index is 0.00000288. The Labute approximate surface area is 159 Å². The highest BCUT2D eigenvalue weighted by atomic mass is 35.5. The number of nitrogens with zero attached hydrogens (tertiary/aromatic N) is 1. The second kappa shape index (κ2) is 12.5. The predicted molar refractivity (Wildman–Crippen MR) is 101 cm³/mol. The van der Waals surface area contributed by atoms with Gasteiger partial charge in [-0.2, -0.15) is 0 Å². The van der Waals surface area contributed by atoms with E-state index in [9.17, 15) is 9.18 Å². The third-order valence-corrected chi connectivity index (χ3v) is 3.15. The third kappa shape index (κ3) is 8.16. The van der Waals surface area contributed by atoms with Gasteiger partial charge in [-0.05, 0) is 44.3 Å². The lowest BCUT2D eigenvalue weighted by Gasteiger charge is -2.09. The molecule has 138 valence electrons. The lowest BCUT2D eigenvalue weighted by Crippen LogP contribution is -2.15. The van der Waals surface area contributed by atoms with Crippen LogP contribution < -0.4 is 15.4 Å². The molecule has 1 aromatic heterocycles. The largest absolute Gasteiger partial charge is 0.484 e. The summed E-state index contributed by atoms with van der Waals surface area (Å²) in [6.07, 6.45) is 2.78. The lowest BCUT2D eigenvalue weighted by molar-refractivity contribution is -0.116. The molecule has 0 fully saturated rings. The number of halogens is 3. The van der Waals surface area contributed by atoms with Gasteiger partial charge in [-0.1, -0.05) is 6.07 Å². The van der Waals surface area contributed by atoms with Crippen molar-refractivity contribution in [2.24, 2.45) is 0 Å². The number of aromatic nitrogens is 1. The van der Waals surface area contributed by atoms with Crippen molar-refractivity contribution in [3.8, 4) is 5.75 Å². The Bertz CT molecular complexity index is 645. The first-order valence-corrected chi connectivity index (χ1v) is 7.46. The molecule has 0 saturated carbocycles. The summed E-state index contributed by atoms with van der Waals surface area (Å²) in [5, 5.41) is 5.64. The second-order valence-electron chi connectivity index (χ2n) is 5.01. The minimum atomic E-state index is -0.519. The molecule has 0 spiro atoms. The van der Waals surface area contributed by atoms with Crippen LogP contribution in [0.15, 0.2) is 42.6 Å². The highest BCUT2D eigenvalue weighted by Gasteiger charge is 2.08. The van der Waals surface area contributed by atoms with Gasteiger partial charge in [0.1, 0.15) is 6.61 Å². The van der Waals surface area contributed by atoms with Crippen LogP contribution in [0.25, 0.3) is 0 Å². The van der Waals surface area contributed by atoms with Crippen molar-refractivity contribution in [2.45, 2.75) is 19.4 Å². The fourth-order valence-corrected chi connectivity index (χ4v) is 1.98. The number of carbonyl (C=O) groups excluding carboxylic acids is 1. The van der Waals surface area contributed by atoms with Crippen LogP contribution in [0.4, 0.5) is 10.1 Å². The van der Waals surface area contributed by atoms with Crippen LogP contribution in [0.3, 0.4) is 0 Å². The van der Waals surface area contributed by atoms with Crippen LogP contribution in [-0.4, -0.2) is 24.5 Å². The number of rotatable bonds is 8. The maximum atomic E-state index is 14.0. The molecule has 8 heteroatoms. The number of pyridine rings is 1. The monoisotopic (exact) mass is 389 g/mol. The fourth-order valence-electron chi connectivity index (χ4n) is 1.98. The average Bonchev–Trinajstić information content (AvgIpc) is 2.55. The Hall–Kier alpha value is -1.89. The maximum Gasteiger partial charge on any atom is 0.224 e. The zero-order chi connectivity index (χ0) is 16.5. The van der Waals surface area contributed by atoms with Gasteiger partial charge in [0.05, 0.1) is 5.69 Å². The number of hydrogen-bond donors (Lipinski definition) is 2. The minimum Gasteiger partial charge on any atom is -0.484 e. The molecular formula is C17H22Cl2FN3O2. The first-order chi connectivity index (χ1) is 11.2. The Morgan fingerprint density at radius 3 is 2.68 bits per heavy atom. The summed E-state index contributed by atoms with van der Waals surface area (Å²) < 4.78 is 19.4. The van der Waals surface area contributed by atoms with Gasteiger partial charge >= 0.3 is 0 Å². The Morgan fingerprint density at radius 2 is 2.04 bits per heavy atom. The molecule has 1 heterocycles. The van der Waals surface area contributed by atoms with Gasteiger partial charge in [0.15, 0.2) is 11.6 Å². The van der Waals surface area contributed by atoms with E-state index in [4.69, 9.17) is 4.74 Å². The molecule has 0 unspecified atom stereocenters. The second-order valence-corrected chi connectivity index (χ2v) is 5.01. The van der Waals surface area contributed by atoms with E-state index in [1.54, 1.807) is 24.4 Å². The summed E-state index contributed by atoms with van der Waals surface area (Å²) >= 11 is 0. The topological polar surface area (TPSA) is 63.2 Å². The number of amides is 1. The van der Waals surface area contributed by atoms with Crippen LogP contribution in [0.5, 0.6) is 5.75 Å². The zero-order valence-corrected chi connectivity index (χ0v) is 15.5. The van der Waals surface area contributed by atoms with Crippen LogP contribution in [-0.2, 0) is 11.4 Å². The van der Waals surface area contributed by atoms with E-state index in [0.29, 0.717) is 17.8 Å². The molecule has 1 aromatic carbocycles. The van der Waals surface area contributed by atoms with Crippen LogP contribution in [0, 0.1) is 5.82 Å². The first kappa shape index (κ1) is 23.1. The maximum absolute atomic E-state index is 14.0. The van der Waals surface area contributed by atoms with Crippen LogP contribution in [0.1, 0.15) is 18.5 Å². The van der Waals surface area contributed by atoms with Crippen molar-refractivity contribution in [1.82, 2.24) is 10.3 Å². The van der Waals surface area contributed by atoms with E-state index < -0.39 is 5.82 Å². The van der Waals surface area contributed by atoms with Gasteiger partial charge in [-0.25, -0.2) is 4.39 Å². The molecule has 2 rings (SSSR count). The van der Waals surface area contributed by atoms with Gasteiger partial charge in [-0.3, -0.25) is 9.78 Å². The average molecular weight is 390 g/mol. The molecular weight excluding hydrogens is 368 g/mol. The summed E-state index contributed by atoms with van der Waals surface area (Å²) in [6.45, 7) is 0.954. The SMILES string of the molecule is CNCCCC(=O)Nc1ccc(OCc2ccccn2)c(F)c1.Cl.Cl. The molecule has 5 nitrogen and oxygen atoms in total. The molecule has 0 radical (unpaired) electrons. The highest BCUT2D eigenvalue weighted by Crippen LogP contribution is 2.22. The molecule has 25 heavy (non-hydrogen) atoms. The summed E-state index contributed by atoms with van der Waals surface area (Å²) in [5.41, 5.74) is 1.14. The highest BCUT2D eigenvalue weighted by molar-refractivity contribution is 5.90. The van der Waals surface area contributed by atoms with Crippen molar-refractivity contribution < 1.29 is 13.9 Å². The van der Waals surface area contributed by atoms with Crippen molar-refractivity contribution in [1.29, 1.82) is 0 Å². The Morgan fingerprint density at radius 1 is 1.24 bits per heavy atom. The predicted octanol–water partition coefficient (Wildman–Crippen LogP) is 3.58. The van der Waals surface area contributed by atoms with Crippen molar-refractivity contribution in [3.05, 3.63) is 54.1 Å². The van der Waals surface area contributed by atoms with E-state index in [2.05, 4.69) is 15.6 Å². The van der Waals surface area contributed by atoms with E-state index >= 15 is 0 Å². The molecule has 1 amide bonds. The smallest absolute Gasteiger partial charge is 0.224 e. The molecule has 2 N–H and O–H groups in total. The minimum absolute atomic E-state index is 0. The normalized spacial score (nSPS) is 9.52. The molecule has 2 aromatic rings. The summed E-state index contributed by atoms with van der Waals surface area (Å²) in [6, 6.07) is 9.82. The van der Waals surface area contributed by atoms with E-state index in [1.807, 2.05) is 13.1 Å². The molecule has 0 saturated heterocycles. The van der Waals surface area contributed by atoms with Gasteiger partial charge in [0, 0.05) is 24.4 Å². The number of carbonyl (C=O) groups is 1. The molecule has 0 aliphatic heterocycles. The number of ether oxygens (including phenoxy) is 1.